The normalized spacial score (nSPS) is 20.1. The fourth-order valence-corrected chi connectivity index (χ4v) is 2.51. The van der Waals surface area contributed by atoms with Crippen molar-refractivity contribution in [1.29, 1.82) is 0 Å². The third-order valence-electron chi connectivity index (χ3n) is 3.22. The highest BCUT2D eigenvalue weighted by molar-refractivity contribution is 6.32. The number of carbonyl (C=O) groups is 1. The average molecular weight is 325 g/mol. The second-order valence-electron chi connectivity index (χ2n) is 4.59. The first-order valence-electron chi connectivity index (χ1n) is 6.13. The lowest BCUT2D eigenvalue weighted by molar-refractivity contribution is -0.143. The molecule has 2 aromatic carbocycles. The van der Waals surface area contributed by atoms with Crippen LogP contribution < -0.4 is 4.74 Å². The van der Waals surface area contributed by atoms with Crippen LogP contribution in [-0.2, 0) is 15.1 Å². The number of halogens is 2. The molecule has 1 atom stereocenters. The zero-order chi connectivity index (χ0) is 15.0. The SMILES string of the molecule is O=C(O)C1(c2ccc(Oc3ccccc3Cl)cc2Cl)CO1. The van der Waals surface area contributed by atoms with E-state index in [-0.39, 0.29) is 11.6 Å². The number of rotatable bonds is 4. The molecule has 4 nitrogen and oxygen atoms in total. The second-order valence-corrected chi connectivity index (χ2v) is 5.41. The molecule has 0 radical (unpaired) electrons. The van der Waals surface area contributed by atoms with Gasteiger partial charge in [0.05, 0.1) is 16.7 Å². The molecule has 1 heterocycles. The van der Waals surface area contributed by atoms with Gasteiger partial charge < -0.3 is 14.6 Å². The molecule has 0 spiro atoms. The minimum Gasteiger partial charge on any atom is -0.479 e. The first-order valence-corrected chi connectivity index (χ1v) is 6.88. The maximum absolute atomic E-state index is 11.2. The van der Waals surface area contributed by atoms with Crippen LogP contribution in [-0.4, -0.2) is 17.7 Å². The van der Waals surface area contributed by atoms with Crippen LogP contribution >= 0.6 is 23.2 Å². The van der Waals surface area contributed by atoms with Gasteiger partial charge in [0.25, 0.3) is 0 Å². The highest BCUT2D eigenvalue weighted by Crippen LogP contribution is 2.43. The Balaban J connectivity index is 1.89. The van der Waals surface area contributed by atoms with E-state index in [1.54, 1.807) is 42.5 Å². The van der Waals surface area contributed by atoms with Crippen molar-refractivity contribution in [3.05, 3.63) is 58.1 Å². The van der Waals surface area contributed by atoms with Crippen molar-refractivity contribution in [2.75, 3.05) is 6.61 Å². The van der Waals surface area contributed by atoms with Crippen LogP contribution in [0.5, 0.6) is 11.5 Å². The maximum Gasteiger partial charge on any atom is 0.343 e. The van der Waals surface area contributed by atoms with Gasteiger partial charge in [-0.3, -0.25) is 0 Å². The van der Waals surface area contributed by atoms with E-state index in [9.17, 15) is 9.90 Å². The molecule has 108 valence electrons. The average Bonchev–Trinajstić information content (AvgIpc) is 3.23. The standard InChI is InChI=1S/C15H10Cl2O4/c16-11-3-1-2-4-13(11)21-9-5-6-10(12(17)7-9)15(8-20-15)14(18)19/h1-7H,8H2,(H,18,19). The first-order chi connectivity index (χ1) is 10.0. The van der Waals surface area contributed by atoms with Crippen LogP contribution in [0, 0.1) is 0 Å². The zero-order valence-electron chi connectivity index (χ0n) is 10.7. The Morgan fingerprint density at radius 2 is 1.90 bits per heavy atom. The molecule has 0 bridgehead atoms. The number of para-hydroxylation sites is 1. The first kappa shape index (κ1) is 14.2. The van der Waals surface area contributed by atoms with Crippen molar-refractivity contribution < 1.29 is 19.4 Å². The van der Waals surface area contributed by atoms with E-state index in [1.165, 1.54) is 0 Å². The van der Waals surface area contributed by atoms with Gasteiger partial charge in [-0.1, -0.05) is 41.4 Å². The Bertz CT molecular complexity index is 711. The summed E-state index contributed by atoms with van der Waals surface area (Å²) < 4.78 is 10.7. The summed E-state index contributed by atoms with van der Waals surface area (Å²) in [5, 5.41) is 9.94. The summed E-state index contributed by atoms with van der Waals surface area (Å²) in [5.41, 5.74) is -0.900. The van der Waals surface area contributed by atoms with Crippen molar-refractivity contribution in [3.63, 3.8) is 0 Å². The van der Waals surface area contributed by atoms with Crippen LogP contribution in [0.4, 0.5) is 0 Å². The summed E-state index contributed by atoms with van der Waals surface area (Å²) in [6, 6.07) is 11.8. The molecule has 21 heavy (non-hydrogen) atoms. The second kappa shape index (κ2) is 5.22. The Hall–Kier alpha value is -1.75. The lowest BCUT2D eigenvalue weighted by atomic mass is 10.00. The zero-order valence-corrected chi connectivity index (χ0v) is 12.2. The minimum atomic E-state index is -1.32. The van der Waals surface area contributed by atoms with Crippen LogP contribution in [0.2, 0.25) is 10.0 Å². The summed E-state index contributed by atoms with van der Waals surface area (Å²) in [5.74, 6) is -0.0826. The topological polar surface area (TPSA) is 59.1 Å². The van der Waals surface area contributed by atoms with Gasteiger partial charge in [0.15, 0.2) is 0 Å². The number of ether oxygens (including phenoxy) is 2. The quantitative estimate of drug-likeness (QED) is 0.860. The fourth-order valence-electron chi connectivity index (χ4n) is 2.01. The van der Waals surface area contributed by atoms with Gasteiger partial charge in [-0.2, -0.15) is 0 Å². The third kappa shape index (κ3) is 2.58. The number of aliphatic carboxylic acids is 1. The van der Waals surface area contributed by atoms with Crippen molar-refractivity contribution in [2.45, 2.75) is 5.60 Å². The number of hydrogen-bond donors (Lipinski definition) is 1. The Kier molecular flexibility index (Phi) is 3.53. The molecule has 1 unspecified atom stereocenters. The molecule has 3 rings (SSSR count). The molecule has 0 saturated carbocycles. The number of benzene rings is 2. The van der Waals surface area contributed by atoms with Crippen LogP contribution in [0.15, 0.2) is 42.5 Å². The molecular formula is C15H10Cl2O4. The fraction of sp³-hybridized carbons (Fsp3) is 0.133. The molecule has 0 amide bonds. The van der Waals surface area contributed by atoms with Crippen molar-refractivity contribution in [3.8, 4) is 11.5 Å². The Labute approximate surface area is 130 Å². The molecule has 2 aromatic rings. The summed E-state index contributed by atoms with van der Waals surface area (Å²) in [6.45, 7) is 0.118. The largest absolute Gasteiger partial charge is 0.479 e. The Morgan fingerprint density at radius 3 is 2.48 bits per heavy atom. The van der Waals surface area contributed by atoms with E-state index < -0.39 is 11.6 Å². The highest BCUT2D eigenvalue weighted by atomic mass is 35.5. The van der Waals surface area contributed by atoms with E-state index in [2.05, 4.69) is 0 Å². The summed E-state index contributed by atoms with van der Waals surface area (Å²) in [6.07, 6.45) is 0. The van der Waals surface area contributed by atoms with Gasteiger partial charge in [0.1, 0.15) is 11.5 Å². The lowest BCUT2D eigenvalue weighted by Gasteiger charge is -2.12. The predicted octanol–water partition coefficient (Wildman–Crippen LogP) is 4.10. The highest BCUT2D eigenvalue weighted by Gasteiger charge is 2.55. The summed E-state index contributed by atoms with van der Waals surface area (Å²) in [7, 11) is 0. The van der Waals surface area contributed by atoms with Crippen LogP contribution in [0.3, 0.4) is 0 Å². The molecule has 6 heteroatoms. The van der Waals surface area contributed by atoms with Crippen LogP contribution in [0.1, 0.15) is 5.56 Å². The number of carboxylic acids is 1. The molecule has 1 N–H and O–H groups in total. The van der Waals surface area contributed by atoms with E-state index in [0.29, 0.717) is 22.1 Å². The summed E-state index contributed by atoms with van der Waals surface area (Å²) >= 11 is 12.2. The molecule has 0 aromatic heterocycles. The monoisotopic (exact) mass is 324 g/mol. The number of carboxylic acid groups (broad SMARTS) is 1. The van der Waals surface area contributed by atoms with Gasteiger partial charge in [-0.05, 0) is 24.3 Å². The van der Waals surface area contributed by atoms with E-state index in [0.717, 1.165) is 0 Å². The molecule has 1 saturated heterocycles. The molecule has 0 aliphatic carbocycles. The van der Waals surface area contributed by atoms with Gasteiger partial charge >= 0.3 is 5.97 Å². The van der Waals surface area contributed by atoms with Gasteiger partial charge in [0.2, 0.25) is 5.60 Å². The van der Waals surface area contributed by atoms with E-state index in [1.807, 2.05) is 0 Å². The van der Waals surface area contributed by atoms with Gasteiger partial charge in [-0.15, -0.1) is 0 Å². The minimum absolute atomic E-state index is 0.118. The third-order valence-corrected chi connectivity index (χ3v) is 3.84. The summed E-state index contributed by atoms with van der Waals surface area (Å²) in [4.78, 5) is 11.2. The molecule has 1 fully saturated rings. The van der Waals surface area contributed by atoms with Crippen molar-refractivity contribution in [1.82, 2.24) is 0 Å². The predicted molar refractivity (Wildman–Crippen MR) is 78.2 cm³/mol. The molecule has 1 aliphatic rings. The molecule has 1 aliphatic heterocycles. The van der Waals surface area contributed by atoms with Gasteiger partial charge in [-0.25, -0.2) is 4.79 Å². The molecular weight excluding hydrogens is 315 g/mol. The lowest BCUT2D eigenvalue weighted by Crippen LogP contribution is -2.21. The van der Waals surface area contributed by atoms with Crippen molar-refractivity contribution >= 4 is 29.2 Å². The number of epoxide rings is 1. The number of hydrogen-bond acceptors (Lipinski definition) is 3. The van der Waals surface area contributed by atoms with E-state index >= 15 is 0 Å². The Morgan fingerprint density at radius 1 is 1.19 bits per heavy atom. The van der Waals surface area contributed by atoms with Crippen LogP contribution in [0.25, 0.3) is 0 Å². The maximum atomic E-state index is 11.2. The van der Waals surface area contributed by atoms with Gasteiger partial charge in [0, 0.05) is 5.56 Å². The van der Waals surface area contributed by atoms with E-state index in [4.69, 9.17) is 32.7 Å². The smallest absolute Gasteiger partial charge is 0.343 e. The van der Waals surface area contributed by atoms with Crippen molar-refractivity contribution in [2.24, 2.45) is 0 Å².